The number of rotatable bonds is 2. The van der Waals surface area contributed by atoms with Gasteiger partial charge in [-0.05, 0) is 42.4 Å². The van der Waals surface area contributed by atoms with E-state index in [0.717, 1.165) is 23.4 Å². The molecule has 2 rings (SSSR count). The van der Waals surface area contributed by atoms with Gasteiger partial charge in [-0.15, -0.1) is 0 Å². The number of hydrogen-bond donors (Lipinski definition) is 0. The molecule has 1 aliphatic heterocycles. The van der Waals surface area contributed by atoms with E-state index in [1.165, 1.54) is 30.5 Å². The second-order valence-electron chi connectivity index (χ2n) is 5.91. The molecular weight excluding hydrogens is 310 g/mol. The Labute approximate surface area is 124 Å². The van der Waals surface area contributed by atoms with Crippen molar-refractivity contribution >= 4 is 33.2 Å². The summed E-state index contributed by atoms with van der Waals surface area (Å²) < 4.78 is 0. The third-order valence-corrected chi connectivity index (χ3v) is 4.71. The Kier molecular flexibility index (Phi) is 4.60. The minimum Gasteiger partial charge on any atom is -0.371 e. The smallest absolute Gasteiger partial charge is 0.0426 e. The van der Waals surface area contributed by atoms with Crippen LogP contribution in [0.3, 0.4) is 0 Å². The first kappa shape index (κ1) is 14.2. The molecule has 0 amide bonds. The van der Waals surface area contributed by atoms with E-state index >= 15 is 0 Å². The first-order valence-electron chi connectivity index (χ1n) is 6.61. The molecule has 0 aromatic heterocycles. The summed E-state index contributed by atoms with van der Waals surface area (Å²) >= 11 is 9.72. The van der Waals surface area contributed by atoms with Crippen LogP contribution in [0.4, 0.5) is 5.69 Å². The number of anilines is 1. The van der Waals surface area contributed by atoms with Gasteiger partial charge < -0.3 is 4.90 Å². The quantitative estimate of drug-likeness (QED) is 0.669. The van der Waals surface area contributed by atoms with Crippen LogP contribution >= 0.6 is 27.5 Å². The molecule has 1 saturated heterocycles. The Bertz CT molecular complexity index is 417. The second-order valence-corrected chi connectivity index (χ2v) is 6.91. The molecule has 0 bridgehead atoms. The fourth-order valence-electron chi connectivity index (χ4n) is 2.61. The highest BCUT2D eigenvalue weighted by atomic mass is 79.9. The van der Waals surface area contributed by atoms with Gasteiger partial charge in [0.25, 0.3) is 0 Å². The largest absolute Gasteiger partial charge is 0.371 e. The van der Waals surface area contributed by atoms with Gasteiger partial charge in [0, 0.05) is 29.1 Å². The molecular formula is C15H21BrClN. The molecule has 18 heavy (non-hydrogen) atoms. The maximum Gasteiger partial charge on any atom is 0.0426 e. The summed E-state index contributed by atoms with van der Waals surface area (Å²) in [5, 5.41) is 1.72. The van der Waals surface area contributed by atoms with Crippen LogP contribution in [-0.4, -0.2) is 13.1 Å². The Morgan fingerprint density at radius 2 is 2.06 bits per heavy atom. The average Bonchev–Trinajstić information content (AvgIpc) is 2.50. The van der Waals surface area contributed by atoms with Crippen molar-refractivity contribution in [3.05, 3.63) is 28.8 Å². The third kappa shape index (κ3) is 3.42. The van der Waals surface area contributed by atoms with Crippen molar-refractivity contribution in [2.24, 2.45) is 5.41 Å². The highest BCUT2D eigenvalue weighted by Gasteiger charge is 2.24. The molecule has 100 valence electrons. The summed E-state index contributed by atoms with van der Waals surface area (Å²) in [6, 6.07) is 6.21. The van der Waals surface area contributed by atoms with E-state index < -0.39 is 0 Å². The number of halogens is 2. The fraction of sp³-hybridized carbons (Fsp3) is 0.600. The van der Waals surface area contributed by atoms with Crippen LogP contribution < -0.4 is 4.90 Å². The van der Waals surface area contributed by atoms with Gasteiger partial charge >= 0.3 is 0 Å². The van der Waals surface area contributed by atoms with Gasteiger partial charge in [0.2, 0.25) is 0 Å². The monoisotopic (exact) mass is 329 g/mol. The minimum absolute atomic E-state index is 0.474. The van der Waals surface area contributed by atoms with Crippen LogP contribution in [0.5, 0.6) is 0 Å². The number of nitrogens with zero attached hydrogens (tertiary/aromatic N) is 1. The molecule has 3 heteroatoms. The third-order valence-electron chi connectivity index (χ3n) is 3.87. The molecule has 1 aromatic rings. The summed E-state index contributed by atoms with van der Waals surface area (Å²) in [7, 11) is 0. The Morgan fingerprint density at radius 3 is 2.78 bits per heavy atom. The molecule has 1 nitrogen and oxygen atoms in total. The van der Waals surface area contributed by atoms with Crippen LogP contribution in [0.1, 0.15) is 38.7 Å². The summed E-state index contributed by atoms with van der Waals surface area (Å²) in [4.78, 5) is 2.50. The van der Waals surface area contributed by atoms with E-state index in [9.17, 15) is 0 Å². The van der Waals surface area contributed by atoms with Crippen LogP contribution in [0, 0.1) is 5.41 Å². The van der Waals surface area contributed by atoms with Gasteiger partial charge in [-0.1, -0.05) is 47.4 Å². The number of hydrogen-bond acceptors (Lipinski definition) is 1. The van der Waals surface area contributed by atoms with E-state index in [4.69, 9.17) is 11.6 Å². The molecule has 0 aliphatic carbocycles. The van der Waals surface area contributed by atoms with Crippen molar-refractivity contribution < 1.29 is 0 Å². The summed E-state index contributed by atoms with van der Waals surface area (Å²) in [5.74, 6) is 0. The highest BCUT2D eigenvalue weighted by Crippen LogP contribution is 2.34. The van der Waals surface area contributed by atoms with E-state index in [2.05, 4.69) is 46.8 Å². The first-order valence-corrected chi connectivity index (χ1v) is 8.11. The van der Waals surface area contributed by atoms with Crippen molar-refractivity contribution in [3.8, 4) is 0 Å². The minimum atomic E-state index is 0.474. The fourth-order valence-corrected chi connectivity index (χ4v) is 3.25. The molecule has 0 unspecified atom stereocenters. The van der Waals surface area contributed by atoms with Crippen molar-refractivity contribution in [2.75, 3.05) is 18.0 Å². The molecule has 1 heterocycles. The normalized spacial score (nSPS) is 19.7. The van der Waals surface area contributed by atoms with Crippen molar-refractivity contribution in [3.63, 3.8) is 0 Å². The molecule has 0 atom stereocenters. The van der Waals surface area contributed by atoms with Crippen molar-refractivity contribution in [2.45, 2.75) is 38.4 Å². The molecule has 1 fully saturated rings. The lowest BCUT2D eigenvalue weighted by atomic mass is 9.85. The van der Waals surface area contributed by atoms with Gasteiger partial charge in [0.1, 0.15) is 0 Å². The van der Waals surface area contributed by atoms with E-state index in [1.807, 2.05) is 6.07 Å². The summed E-state index contributed by atoms with van der Waals surface area (Å²) in [5.41, 5.74) is 3.11. The average molecular weight is 331 g/mol. The predicted octanol–water partition coefficient (Wildman–Crippen LogP) is 5.25. The van der Waals surface area contributed by atoms with E-state index in [1.54, 1.807) is 0 Å². The lowest BCUT2D eigenvalue weighted by Gasteiger charge is -2.26. The van der Waals surface area contributed by atoms with Crippen molar-refractivity contribution in [1.29, 1.82) is 0 Å². The standard InChI is InChI=1S/C15H21BrClN/c1-15(2)6-3-8-18(9-7-15)14-10-13(17)5-4-12(14)11-16/h4-5,10H,3,6-9,11H2,1-2H3. The zero-order valence-electron chi connectivity index (χ0n) is 11.2. The molecule has 0 saturated carbocycles. The van der Waals surface area contributed by atoms with Gasteiger partial charge in [-0.3, -0.25) is 0 Å². The maximum absolute atomic E-state index is 6.15. The van der Waals surface area contributed by atoms with Crippen LogP contribution in [-0.2, 0) is 5.33 Å². The zero-order valence-corrected chi connectivity index (χ0v) is 13.5. The lowest BCUT2D eigenvalue weighted by molar-refractivity contribution is 0.325. The zero-order chi connectivity index (χ0) is 13.2. The van der Waals surface area contributed by atoms with Crippen LogP contribution in [0.2, 0.25) is 5.02 Å². The Balaban J connectivity index is 2.23. The Hall–Kier alpha value is -0.210. The predicted molar refractivity (Wildman–Crippen MR) is 83.9 cm³/mol. The lowest BCUT2D eigenvalue weighted by Crippen LogP contribution is -2.26. The Morgan fingerprint density at radius 1 is 1.28 bits per heavy atom. The second kappa shape index (κ2) is 5.83. The van der Waals surface area contributed by atoms with Crippen molar-refractivity contribution in [1.82, 2.24) is 0 Å². The SMILES string of the molecule is CC1(C)CCCN(c2cc(Cl)ccc2CBr)CC1. The molecule has 0 radical (unpaired) electrons. The van der Waals surface area contributed by atoms with E-state index in [0.29, 0.717) is 5.41 Å². The van der Waals surface area contributed by atoms with E-state index in [-0.39, 0.29) is 0 Å². The topological polar surface area (TPSA) is 3.24 Å². The van der Waals surface area contributed by atoms with Gasteiger partial charge in [0.05, 0.1) is 0 Å². The van der Waals surface area contributed by atoms with Crippen LogP contribution in [0.25, 0.3) is 0 Å². The van der Waals surface area contributed by atoms with Gasteiger partial charge in [-0.25, -0.2) is 0 Å². The number of alkyl halides is 1. The van der Waals surface area contributed by atoms with Gasteiger partial charge in [-0.2, -0.15) is 0 Å². The summed E-state index contributed by atoms with van der Waals surface area (Å²) in [6.45, 7) is 7.02. The number of benzene rings is 1. The molecule has 0 N–H and O–H groups in total. The highest BCUT2D eigenvalue weighted by molar-refractivity contribution is 9.08. The first-order chi connectivity index (χ1) is 8.52. The molecule has 1 aliphatic rings. The molecule has 1 aromatic carbocycles. The van der Waals surface area contributed by atoms with Gasteiger partial charge in [0.15, 0.2) is 0 Å². The summed E-state index contributed by atoms with van der Waals surface area (Å²) in [6.07, 6.45) is 3.83. The molecule has 0 spiro atoms. The van der Waals surface area contributed by atoms with Crippen LogP contribution in [0.15, 0.2) is 18.2 Å². The maximum atomic E-state index is 6.15.